The van der Waals surface area contributed by atoms with Gasteiger partial charge in [-0.2, -0.15) is 4.31 Å². The van der Waals surface area contributed by atoms with Crippen LogP contribution in [0, 0.1) is 13.8 Å². The van der Waals surface area contributed by atoms with E-state index in [2.05, 4.69) is 0 Å². The van der Waals surface area contributed by atoms with Gasteiger partial charge in [-0.1, -0.05) is 6.92 Å². The van der Waals surface area contributed by atoms with Gasteiger partial charge in [0.1, 0.15) is 0 Å². The minimum absolute atomic E-state index is 0.191. The summed E-state index contributed by atoms with van der Waals surface area (Å²) in [6, 6.07) is 3.64. The topological polar surface area (TPSA) is 63.4 Å². The predicted octanol–water partition coefficient (Wildman–Crippen LogP) is 2.06. The third-order valence-corrected chi connectivity index (χ3v) is 5.65. The van der Waals surface area contributed by atoms with E-state index >= 15 is 0 Å². The Bertz CT molecular complexity index is 539. The minimum atomic E-state index is -3.39. The van der Waals surface area contributed by atoms with E-state index in [1.807, 2.05) is 6.92 Å². The largest absolute Gasteiger partial charge is 0.399 e. The number of hydrogen-bond donors (Lipinski definition) is 1. The molecule has 100 valence electrons. The van der Waals surface area contributed by atoms with Crippen LogP contribution in [-0.4, -0.2) is 25.3 Å². The number of nitrogen functional groups attached to an aromatic ring is 1. The Morgan fingerprint density at radius 2 is 1.78 bits per heavy atom. The molecule has 1 fully saturated rings. The Balaban J connectivity index is 2.53. The van der Waals surface area contributed by atoms with Crippen molar-refractivity contribution in [3.8, 4) is 0 Å². The monoisotopic (exact) mass is 268 g/mol. The molecule has 0 atom stereocenters. The van der Waals surface area contributed by atoms with Gasteiger partial charge in [0, 0.05) is 18.3 Å². The highest BCUT2D eigenvalue weighted by atomic mass is 32.2. The van der Waals surface area contributed by atoms with Crippen LogP contribution in [0.25, 0.3) is 0 Å². The van der Waals surface area contributed by atoms with Crippen molar-refractivity contribution in [1.82, 2.24) is 4.31 Å². The molecule has 1 saturated carbocycles. The second kappa shape index (κ2) is 4.55. The fourth-order valence-electron chi connectivity index (χ4n) is 2.49. The third-order valence-electron chi connectivity index (χ3n) is 3.32. The van der Waals surface area contributed by atoms with E-state index in [4.69, 9.17) is 5.73 Å². The summed E-state index contributed by atoms with van der Waals surface area (Å²) in [5.41, 5.74) is 7.81. The number of rotatable bonds is 4. The van der Waals surface area contributed by atoms with Crippen LogP contribution in [0.15, 0.2) is 17.0 Å². The second-order valence-corrected chi connectivity index (χ2v) is 6.75. The van der Waals surface area contributed by atoms with Crippen molar-refractivity contribution in [2.45, 2.75) is 44.6 Å². The molecule has 0 saturated heterocycles. The molecule has 2 rings (SSSR count). The highest BCUT2D eigenvalue weighted by Crippen LogP contribution is 2.34. The average molecular weight is 268 g/mol. The van der Waals surface area contributed by atoms with Gasteiger partial charge >= 0.3 is 0 Å². The van der Waals surface area contributed by atoms with Crippen LogP contribution >= 0.6 is 0 Å². The van der Waals surface area contributed by atoms with E-state index in [1.54, 1.807) is 30.3 Å². The van der Waals surface area contributed by atoms with Gasteiger partial charge in [0.15, 0.2) is 0 Å². The Morgan fingerprint density at radius 3 is 2.17 bits per heavy atom. The summed E-state index contributed by atoms with van der Waals surface area (Å²) in [6.45, 7) is 6.02. The smallest absolute Gasteiger partial charge is 0.243 e. The maximum atomic E-state index is 12.7. The highest BCUT2D eigenvalue weighted by molar-refractivity contribution is 7.89. The van der Waals surface area contributed by atoms with Gasteiger partial charge in [0.2, 0.25) is 10.0 Å². The summed E-state index contributed by atoms with van der Waals surface area (Å²) in [6.07, 6.45) is 1.94. The predicted molar refractivity (Wildman–Crippen MR) is 72.9 cm³/mol. The van der Waals surface area contributed by atoms with Crippen LogP contribution in [0.1, 0.15) is 30.9 Å². The van der Waals surface area contributed by atoms with E-state index in [1.165, 1.54) is 0 Å². The molecule has 0 spiro atoms. The standard InChI is InChI=1S/C13H20N2O2S/c1-4-15(12-5-6-12)18(16,17)13-9(2)7-11(14)8-10(13)3/h7-8,12H,4-6,14H2,1-3H3. The molecule has 0 unspecified atom stereocenters. The summed E-state index contributed by atoms with van der Waals surface area (Å²) in [5.74, 6) is 0. The summed E-state index contributed by atoms with van der Waals surface area (Å²) in [4.78, 5) is 0.422. The van der Waals surface area contributed by atoms with Crippen LogP contribution in [-0.2, 0) is 10.0 Å². The summed E-state index contributed by atoms with van der Waals surface area (Å²) in [7, 11) is -3.39. The van der Waals surface area contributed by atoms with E-state index < -0.39 is 10.0 Å². The molecule has 1 aliphatic rings. The number of benzene rings is 1. The number of hydrogen-bond acceptors (Lipinski definition) is 3. The van der Waals surface area contributed by atoms with Crippen molar-refractivity contribution < 1.29 is 8.42 Å². The van der Waals surface area contributed by atoms with Gasteiger partial charge in [-0.25, -0.2) is 8.42 Å². The maximum Gasteiger partial charge on any atom is 0.243 e. The summed E-state index contributed by atoms with van der Waals surface area (Å²) in [5, 5.41) is 0. The summed E-state index contributed by atoms with van der Waals surface area (Å²) < 4.78 is 27.0. The van der Waals surface area contributed by atoms with E-state index in [0.29, 0.717) is 17.1 Å². The maximum absolute atomic E-state index is 12.7. The number of aryl methyl sites for hydroxylation is 2. The molecule has 0 radical (unpaired) electrons. The Labute approximate surface area is 109 Å². The van der Waals surface area contributed by atoms with Gasteiger partial charge in [-0.05, 0) is 49.9 Å². The minimum Gasteiger partial charge on any atom is -0.399 e. The van der Waals surface area contributed by atoms with E-state index in [-0.39, 0.29) is 6.04 Å². The zero-order valence-corrected chi connectivity index (χ0v) is 11.9. The first kappa shape index (κ1) is 13.4. The van der Waals surface area contributed by atoms with Crippen molar-refractivity contribution in [3.05, 3.63) is 23.3 Å². The number of nitrogens with zero attached hydrogens (tertiary/aromatic N) is 1. The van der Waals surface area contributed by atoms with Gasteiger partial charge in [0.25, 0.3) is 0 Å². The molecular weight excluding hydrogens is 248 g/mol. The van der Waals surface area contributed by atoms with Crippen LogP contribution < -0.4 is 5.73 Å². The van der Waals surface area contributed by atoms with Gasteiger partial charge < -0.3 is 5.73 Å². The molecule has 0 aromatic heterocycles. The SMILES string of the molecule is CCN(C1CC1)S(=O)(=O)c1c(C)cc(N)cc1C. The zero-order chi connectivity index (χ0) is 13.5. The molecule has 1 aromatic rings. The van der Waals surface area contributed by atoms with Gasteiger partial charge in [-0.15, -0.1) is 0 Å². The van der Waals surface area contributed by atoms with Crippen molar-refractivity contribution in [2.75, 3.05) is 12.3 Å². The molecule has 4 nitrogen and oxygen atoms in total. The Kier molecular flexibility index (Phi) is 3.38. The molecule has 1 aliphatic carbocycles. The van der Waals surface area contributed by atoms with Crippen LogP contribution in [0.4, 0.5) is 5.69 Å². The lowest BCUT2D eigenvalue weighted by Crippen LogP contribution is -2.33. The molecule has 0 amide bonds. The molecule has 18 heavy (non-hydrogen) atoms. The first-order chi connectivity index (χ1) is 8.37. The number of sulfonamides is 1. The zero-order valence-electron chi connectivity index (χ0n) is 11.1. The Morgan fingerprint density at radius 1 is 1.28 bits per heavy atom. The third kappa shape index (κ3) is 2.24. The lowest BCUT2D eigenvalue weighted by molar-refractivity contribution is 0.420. The molecule has 1 aromatic carbocycles. The quantitative estimate of drug-likeness (QED) is 0.850. The first-order valence-corrected chi connectivity index (χ1v) is 7.70. The van der Waals surface area contributed by atoms with Crippen molar-refractivity contribution in [3.63, 3.8) is 0 Å². The number of nitrogens with two attached hydrogens (primary N) is 1. The van der Waals surface area contributed by atoms with Gasteiger partial charge in [-0.3, -0.25) is 0 Å². The van der Waals surface area contributed by atoms with Gasteiger partial charge in [0.05, 0.1) is 4.90 Å². The van der Waals surface area contributed by atoms with Crippen LogP contribution in [0.2, 0.25) is 0 Å². The average Bonchev–Trinajstić information content (AvgIpc) is 2.99. The van der Waals surface area contributed by atoms with E-state index in [9.17, 15) is 8.42 Å². The van der Waals surface area contributed by atoms with Crippen molar-refractivity contribution >= 4 is 15.7 Å². The highest BCUT2D eigenvalue weighted by Gasteiger charge is 2.38. The van der Waals surface area contributed by atoms with Crippen LogP contribution in [0.3, 0.4) is 0 Å². The fraction of sp³-hybridized carbons (Fsp3) is 0.538. The molecule has 5 heteroatoms. The molecule has 0 aliphatic heterocycles. The fourth-order valence-corrected chi connectivity index (χ4v) is 4.60. The molecule has 0 bridgehead atoms. The van der Waals surface area contributed by atoms with Crippen molar-refractivity contribution in [1.29, 1.82) is 0 Å². The molecule has 2 N–H and O–H groups in total. The van der Waals surface area contributed by atoms with E-state index in [0.717, 1.165) is 24.0 Å². The molecular formula is C13H20N2O2S. The second-order valence-electron chi connectivity index (χ2n) is 4.92. The normalized spacial score (nSPS) is 16.2. The van der Waals surface area contributed by atoms with Crippen molar-refractivity contribution in [2.24, 2.45) is 0 Å². The van der Waals surface area contributed by atoms with Crippen LogP contribution in [0.5, 0.6) is 0 Å². The summed E-state index contributed by atoms with van der Waals surface area (Å²) >= 11 is 0. The number of anilines is 1. The first-order valence-electron chi connectivity index (χ1n) is 6.26. The lowest BCUT2D eigenvalue weighted by Gasteiger charge is -2.22. The lowest BCUT2D eigenvalue weighted by atomic mass is 10.1. The Hall–Kier alpha value is -1.07. The molecule has 0 heterocycles.